The fourth-order valence-electron chi connectivity index (χ4n) is 2.38. The summed E-state index contributed by atoms with van der Waals surface area (Å²) in [4.78, 5) is 18.3. The minimum atomic E-state index is 0.195. The number of ether oxygens (including phenoxy) is 1. The first kappa shape index (κ1) is 12.2. The molecule has 2 aromatic rings. The van der Waals surface area contributed by atoms with Crippen molar-refractivity contribution in [3.05, 3.63) is 30.6 Å². The van der Waals surface area contributed by atoms with Crippen LogP contribution in [0.1, 0.15) is 6.42 Å². The molecule has 2 heterocycles. The summed E-state index contributed by atoms with van der Waals surface area (Å²) in [6.07, 6.45) is 2.32. The summed E-state index contributed by atoms with van der Waals surface area (Å²) in [5.74, 6) is 0.195. The number of nitrogens with zero attached hydrogens (tertiary/aromatic N) is 3. The van der Waals surface area contributed by atoms with Crippen LogP contribution in [0.15, 0.2) is 30.6 Å². The second-order valence-corrected chi connectivity index (χ2v) is 4.67. The predicted molar refractivity (Wildman–Crippen MR) is 71.7 cm³/mol. The second-order valence-electron chi connectivity index (χ2n) is 4.67. The van der Waals surface area contributed by atoms with Crippen LogP contribution in [0, 0.1) is 0 Å². The van der Waals surface area contributed by atoms with E-state index in [1.165, 1.54) is 0 Å². The Morgan fingerprint density at radius 2 is 2.05 bits per heavy atom. The summed E-state index contributed by atoms with van der Waals surface area (Å²) in [7, 11) is 0. The lowest BCUT2D eigenvalue weighted by molar-refractivity contribution is -0.135. The Labute approximate surface area is 111 Å². The molecule has 1 aromatic carbocycles. The number of morpholine rings is 1. The lowest BCUT2D eigenvalue weighted by Crippen LogP contribution is -2.40. The number of carbonyl (C=O) groups excluding carboxylic acids is 1. The van der Waals surface area contributed by atoms with Gasteiger partial charge in [-0.05, 0) is 12.1 Å². The van der Waals surface area contributed by atoms with Gasteiger partial charge in [-0.15, -0.1) is 0 Å². The quantitative estimate of drug-likeness (QED) is 0.834. The highest BCUT2D eigenvalue weighted by Crippen LogP contribution is 2.12. The molecule has 100 valence electrons. The van der Waals surface area contributed by atoms with E-state index in [-0.39, 0.29) is 5.91 Å². The van der Waals surface area contributed by atoms with Crippen LogP contribution in [-0.4, -0.2) is 46.7 Å². The molecule has 0 aliphatic carbocycles. The number of amides is 1. The molecular weight excluding hydrogens is 242 g/mol. The second kappa shape index (κ2) is 5.40. The van der Waals surface area contributed by atoms with Gasteiger partial charge in [0.25, 0.3) is 0 Å². The van der Waals surface area contributed by atoms with E-state index in [1.807, 2.05) is 33.7 Å². The standard InChI is InChI=1S/C14H17N3O2/c18-14(16-7-9-19-10-8-16)5-6-17-11-15-12-3-1-2-4-13(12)17/h1-4,11H,5-10H2. The van der Waals surface area contributed by atoms with Crippen molar-refractivity contribution in [2.75, 3.05) is 26.3 Å². The summed E-state index contributed by atoms with van der Waals surface area (Å²) in [6, 6.07) is 7.97. The predicted octanol–water partition coefficient (Wildman–Crippen LogP) is 1.29. The maximum Gasteiger partial charge on any atom is 0.224 e. The molecule has 5 heteroatoms. The van der Waals surface area contributed by atoms with Gasteiger partial charge < -0.3 is 14.2 Å². The van der Waals surface area contributed by atoms with Crippen molar-refractivity contribution in [2.45, 2.75) is 13.0 Å². The molecule has 0 radical (unpaired) electrons. The summed E-state index contributed by atoms with van der Waals surface area (Å²) < 4.78 is 7.28. The molecule has 1 aliphatic heterocycles. The number of hydrogen-bond acceptors (Lipinski definition) is 3. The van der Waals surface area contributed by atoms with Crippen molar-refractivity contribution in [1.29, 1.82) is 0 Å². The third-order valence-electron chi connectivity index (χ3n) is 3.46. The Morgan fingerprint density at radius 1 is 1.26 bits per heavy atom. The Bertz CT molecular complexity index is 573. The molecule has 0 unspecified atom stereocenters. The Hall–Kier alpha value is -1.88. The molecular formula is C14H17N3O2. The minimum absolute atomic E-state index is 0.195. The van der Waals surface area contributed by atoms with E-state index >= 15 is 0 Å². The largest absolute Gasteiger partial charge is 0.378 e. The lowest BCUT2D eigenvalue weighted by Gasteiger charge is -2.26. The molecule has 0 atom stereocenters. The first-order valence-electron chi connectivity index (χ1n) is 6.60. The number of rotatable bonds is 3. The fraction of sp³-hybridized carbons (Fsp3) is 0.429. The molecule has 0 bridgehead atoms. The summed E-state index contributed by atoms with van der Waals surface area (Å²) in [5.41, 5.74) is 2.05. The average Bonchev–Trinajstić information content (AvgIpc) is 2.89. The molecule has 0 spiro atoms. The third-order valence-corrected chi connectivity index (χ3v) is 3.46. The summed E-state index contributed by atoms with van der Waals surface area (Å²) in [5, 5.41) is 0. The van der Waals surface area contributed by atoms with Crippen molar-refractivity contribution in [2.24, 2.45) is 0 Å². The maximum atomic E-state index is 12.1. The maximum absolute atomic E-state index is 12.1. The van der Waals surface area contributed by atoms with E-state index in [2.05, 4.69) is 4.98 Å². The van der Waals surface area contributed by atoms with Crippen LogP contribution in [0.2, 0.25) is 0 Å². The van der Waals surface area contributed by atoms with E-state index in [0.717, 1.165) is 11.0 Å². The van der Waals surface area contributed by atoms with Gasteiger partial charge in [-0.1, -0.05) is 12.1 Å². The molecule has 1 saturated heterocycles. The minimum Gasteiger partial charge on any atom is -0.378 e. The molecule has 19 heavy (non-hydrogen) atoms. The first-order chi connectivity index (χ1) is 9.34. The molecule has 5 nitrogen and oxygen atoms in total. The van der Waals surface area contributed by atoms with E-state index in [0.29, 0.717) is 39.3 Å². The number of para-hydroxylation sites is 2. The molecule has 0 N–H and O–H groups in total. The van der Waals surface area contributed by atoms with Gasteiger partial charge in [0.15, 0.2) is 0 Å². The highest BCUT2D eigenvalue weighted by molar-refractivity contribution is 5.77. The highest BCUT2D eigenvalue weighted by Gasteiger charge is 2.16. The summed E-state index contributed by atoms with van der Waals surface area (Å²) >= 11 is 0. The van der Waals surface area contributed by atoms with E-state index in [1.54, 1.807) is 6.33 Å². The van der Waals surface area contributed by atoms with Crippen LogP contribution in [0.4, 0.5) is 0 Å². The molecule has 1 amide bonds. The number of aromatic nitrogens is 2. The molecule has 0 saturated carbocycles. The van der Waals surface area contributed by atoms with Gasteiger partial charge in [0.1, 0.15) is 0 Å². The Morgan fingerprint density at radius 3 is 2.89 bits per heavy atom. The number of aryl methyl sites for hydroxylation is 1. The van der Waals surface area contributed by atoms with Crippen molar-refractivity contribution in [1.82, 2.24) is 14.5 Å². The number of hydrogen-bond donors (Lipinski definition) is 0. The normalized spacial score (nSPS) is 15.9. The highest BCUT2D eigenvalue weighted by atomic mass is 16.5. The number of imidazole rings is 1. The monoisotopic (exact) mass is 259 g/mol. The van der Waals surface area contributed by atoms with Crippen LogP contribution >= 0.6 is 0 Å². The van der Waals surface area contributed by atoms with Gasteiger partial charge in [-0.2, -0.15) is 0 Å². The topological polar surface area (TPSA) is 47.4 Å². The van der Waals surface area contributed by atoms with E-state index in [4.69, 9.17) is 4.74 Å². The smallest absolute Gasteiger partial charge is 0.224 e. The van der Waals surface area contributed by atoms with Gasteiger partial charge in [0, 0.05) is 26.1 Å². The summed E-state index contributed by atoms with van der Waals surface area (Å²) in [6.45, 7) is 3.41. The van der Waals surface area contributed by atoms with Gasteiger partial charge in [-0.25, -0.2) is 4.98 Å². The molecule has 1 aromatic heterocycles. The zero-order chi connectivity index (χ0) is 13.1. The van der Waals surface area contributed by atoms with Gasteiger partial charge in [0.05, 0.1) is 30.6 Å². The zero-order valence-corrected chi connectivity index (χ0v) is 10.8. The number of fused-ring (bicyclic) bond motifs is 1. The third kappa shape index (κ3) is 2.61. The molecule has 1 fully saturated rings. The SMILES string of the molecule is O=C(CCn1cnc2ccccc21)N1CCOCC1. The Balaban J connectivity index is 1.64. The van der Waals surface area contributed by atoms with Gasteiger partial charge in [-0.3, -0.25) is 4.79 Å². The van der Waals surface area contributed by atoms with Crippen LogP contribution < -0.4 is 0 Å². The first-order valence-corrected chi connectivity index (χ1v) is 6.60. The van der Waals surface area contributed by atoms with Crippen molar-refractivity contribution in [3.8, 4) is 0 Å². The zero-order valence-electron chi connectivity index (χ0n) is 10.8. The van der Waals surface area contributed by atoms with Crippen molar-refractivity contribution < 1.29 is 9.53 Å². The molecule has 1 aliphatic rings. The van der Waals surface area contributed by atoms with Crippen LogP contribution in [-0.2, 0) is 16.1 Å². The van der Waals surface area contributed by atoms with Gasteiger partial charge in [0.2, 0.25) is 5.91 Å². The van der Waals surface area contributed by atoms with Crippen molar-refractivity contribution >= 4 is 16.9 Å². The van der Waals surface area contributed by atoms with Crippen LogP contribution in [0.3, 0.4) is 0 Å². The Kier molecular flexibility index (Phi) is 3.46. The van der Waals surface area contributed by atoms with Gasteiger partial charge >= 0.3 is 0 Å². The van der Waals surface area contributed by atoms with Crippen LogP contribution in [0.5, 0.6) is 0 Å². The van der Waals surface area contributed by atoms with E-state index in [9.17, 15) is 4.79 Å². The van der Waals surface area contributed by atoms with Crippen LogP contribution in [0.25, 0.3) is 11.0 Å². The molecule has 3 rings (SSSR count). The van der Waals surface area contributed by atoms with E-state index < -0.39 is 0 Å². The number of benzene rings is 1. The average molecular weight is 259 g/mol. The lowest BCUT2D eigenvalue weighted by atomic mass is 10.3. The fourth-order valence-corrected chi connectivity index (χ4v) is 2.38. The van der Waals surface area contributed by atoms with Crippen molar-refractivity contribution in [3.63, 3.8) is 0 Å². The number of carbonyl (C=O) groups is 1.